The molecule has 7 nitrogen and oxygen atoms in total. The van der Waals surface area contributed by atoms with Crippen LogP contribution in [0.15, 0.2) is 35.6 Å². The van der Waals surface area contributed by atoms with Crippen molar-refractivity contribution in [1.29, 1.82) is 0 Å². The van der Waals surface area contributed by atoms with Crippen LogP contribution in [0.5, 0.6) is 0 Å². The van der Waals surface area contributed by atoms with Gasteiger partial charge in [0.15, 0.2) is 0 Å². The number of pyridine rings is 1. The lowest BCUT2D eigenvalue weighted by molar-refractivity contribution is -0.196. The highest BCUT2D eigenvalue weighted by Gasteiger charge is 2.58. The van der Waals surface area contributed by atoms with Gasteiger partial charge in [0.1, 0.15) is 17.2 Å². The number of aliphatic imine (C=N–C) groups is 1. The molecule has 0 aromatic carbocycles. The predicted octanol–water partition coefficient (Wildman–Crippen LogP) is 0.920. The summed E-state index contributed by atoms with van der Waals surface area (Å²) in [5.74, 6) is 0.385. The molecule has 0 radical (unpaired) electrons. The molecular formula is C19H25N3O4. The van der Waals surface area contributed by atoms with Crippen molar-refractivity contribution in [3.05, 3.63) is 36.2 Å². The fourth-order valence-corrected chi connectivity index (χ4v) is 3.59. The number of hydrogen-bond donors (Lipinski definition) is 2. The molecular weight excluding hydrogens is 334 g/mol. The van der Waals surface area contributed by atoms with Crippen LogP contribution in [0.3, 0.4) is 0 Å². The van der Waals surface area contributed by atoms with Gasteiger partial charge in [-0.2, -0.15) is 0 Å². The summed E-state index contributed by atoms with van der Waals surface area (Å²) in [6.07, 6.45) is 6.97. The van der Waals surface area contributed by atoms with Crippen LogP contribution >= 0.6 is 0 Å². The number of hydrogen-bond acceptors (Lipinski definition) is 7. The minimum absolute atomic E-state index is 0.00411. The van der Waals surface area contributed by atoms with E-state index in [1.165, 1.54) is 0 Å². The molecule has 1 aromatic rings. The molecule has 0 spiro atoms. The summed E-state index contributed by atoms with van der Waals surface area (Å²) in [5, 5.41) is 11.0. The van der Waals surface area contributed by atoms with Crippen molar-refractivity contribution in [2.24, 2.45) is 10.7 Å². The Bertz CT molecular complexity index is 711. The fourth-order valence-electron chi connectivity index (χ4n) is 3.59. The lowest BCUT2D eigenvalue weighted by Crippen LogP contribution is -2.74. The normalized spacial score (nSPS) is 31.6. The Kier molecular flexibility index (Phi) is 4.56. The summed E-state index contributed by atoms with van der Waals surface area (Å²) < 4.78 is 16.9. The van der Waals surface area contributed by atoms with E-state index in [2.05, 4.69) is 4.98 Å². The van der Waals surface area contributed by atoms with Crippen molar-refractivity contribution in [3.63, 3.8) is 0 Å². The summed E-state index contributed by atoms with van der Waals surface area (Å²) in [6, 6.07) is 3.70. The average Bonchev–Trinajstić information content (AvgIpc) is 2.64. The van der Waals surface area contributed by atoms with Gasteiger partial charge in [-0.1, -0.05) is 6.07 Å². The van der Waals surface area contributed by atoms with Crippen LogP contribution in [0.2, 0.25) is 0 Å². The molecule has 2 fully saturated rings. The Morgan fingerprint density at radius 3 is 2.65 bits per heavy atom. The largest absolute Gasteiger partial charge is 0.476 e. The van der Waals surface area contributed by atoms with E-state index in [1.54, 1.807) is 12.4 Å². The van der Waals surface area contributed by atoms with Gasteiger partial charge in [0.25, 0.3) is 0 Å². The number of aromatic nitrogens is 1. The number of ether oxygens (including phenoxy) is 3. The van der Waals surface area contributed by atoms with E-state index >= 15 is 0 Å². The Hall–Kier alpha value is -1.80. The van der Waals surface area contributed by atoms with E-state index in [9.17, 15) is 5.11 Å². The minimum Gasteiger partial charge on any atom is -0.476 e. The molecule has 3 aliphatic heterocycles. The molecule has 0 amide bonds. The SMILES string of the molecule is CC1N=C(OC2CCOCC2)C(N)(C2(O)COC2)C=C1c1cccnc1. The highest BCUT2D eigenvalue weighted by molar-refractivity contribution is 5.96. The lowest BCUT2D eigenvalue weighted by Gasteiger charge is -2.50. The van der Waals surface area contributed by atoms with Gasteiger partial charge in [-0.05, 0) is 30.2 Å². The molecule has 3 aliphatic rings. The maximum atomic E-state index is 11.0. The summed E-state index contributed by atoms with van der Waals surface area (Å²) in [4.78, 5) is 8.94. The Morgan fingerprint density at radius 2 is 2.04 bits per heavy atom. The van der Waals surface area contributed by atoms with E-state index in [0.717, 1.165) is 24.0 Å². The van der Waals surface area contributed by atoms with Crippen molar-refractivity contribution in [1.82, 2.24) is 4.98 Å². The average molecular weight is 359 g/mol. The molecule has 7 heteroatoms. The molecule has 2 saturated heterocycles. The standard InChI is InChI=1S/C19H25N3O4/c1-13-16(14-3-2-6-21-10-14)9-19(20,18(23)11-25-12-18)17(22-13)26-15-4-7-24-8-5-15/h2-3,6,9-10,13,15,23H,4-5,7-8,11-12,20H2,1H3. The first-order chi connectivity index (χ1) is 12.5. The zero-order valence-corrected chi connectivity index (χ0v) is 14.9. The molecule has 0 saturated carbocycles. The fraction of sp³-hybridized carbons (Fsp3) is 0.579. The summed E-state index contributed by atoms with van der Waals surface area (Å²) in [6.45, 7) is 3.63. The van der Waals surface area contributed by atoms with Gasteiger partial charge in [0.2, 0.25) is 5.90 Å². The molecule has 0 aliphatic carbocycles. The van der Waals surface area contributed by atoms with Crippen LogP contribution in [-0.2, 0) is 14.2 Å². The van der Waals surface area contributed by atoms with E-state index < -0.39 is 11.1 Å². The molecule has 0 bridgehead atoms. The van der Waals surface area contributed by atoms with Gasteiger partial charge < -0.3 is 25.1 Å². The zero-order chi connectivity index (χ0) is 18.2. The predicted molar refractivity (Wildman–Crippen MR) is 96.7 cm³/mol. The van der Waals surface area contributed by atoms with Crippen LogP contribution in [-0.4, -0.2) is 65.7 Å². The summed E-state index contributed by atoms with van der Waals surface area (Å²) in [7, 11) is 0. The molecule has 26 heavy (non-hydrogen) atoms. The molecule has 3 N–H and O–H groups in total. The number of nitrogens with zero attached hydrogens (tertiary/aromatic N) is 2. The van der Waals surface area contributed by atoms with Crippen LogP contribution in [0.4, 0.5) is 0 Å². The topological polar surface area (TPSA) is 99.2 Å². The second-order valence-corrected chi connectivity index (χ2v) is 7.27. The van der Waals surface area contributed by atoms with Crippen molar-refractivity contribution in [3.8, 4) is 0 Å². The lowest BCUT2D eigenvalue weighted by atomic mass is 9.74. The quantitative estimate of drug-likeness (QED) is 0.833. The van der Waals surface area contributed by atoms with Gasteiger partial charge >= 0.3 is 0 Å². The van der Waals surface area contributed by atoms with Crippen LogP contribution < -0.4 is 5.73 Å². The van der Waals surface area contributed by atoms with Crippen molar-refractivity contribution < 1.29 is 19.3 Å². The third kappa shape index (κ3) is 2.95. The Labute approximate surface area is 152 Å². The monoisotopic (exact) mass is 359 g/mol. The molecule has 2 unspecified atom stereocenters. The number of dihydropyridines is 1. The number of nitrogens with two attached hydrogens (primary N) is 1. The van der Waals surface area contributed by atoms with Gasteiger partial charge in [0.05, 0.1) is 32.5 Å². The van der Waals surface area contributed by atoms with Gasteiger partial charge in [-0.15, -0.1) is 0 Å². The van der Waals surface area contributed by atoms with E-state index in [-0.39, 0.29) is 25.4 Å². The van der Waals surface area contributed by atoms with Crippen LogP contribution in [0.1, 0.15) is 25.3 Å². The van der Waals surface area contributed by atoms with Gasteiger partial charge in [-0.3, -0.25) is 4.98 Å². The van der Waals surface area contributed by atoms with E-state index in [1.807, 2.05) is 25.1 Å². The molecule has 4 heterocycles. The summed E-state index contributed by atoms with van der Waals surface area (Å²) in [5.41, 5.74) is 6.14. The summed E-state index contributed by atoms with van der Waals surface area (Å²) >= 11 is 0. The zero-order valence-electron chi connectivity index (χ0n) is 14.9. The maximum Gasteiger partial charge on any atom is 0.212 e. The van der Waals surface area contributed by atoms with Crippen molar-refractivity contribution in [2.75, 3.05) is 26.4 Å². The first-order valence-electron chi connectivity index (χ1n) is 9.07. The minimum atomic E-state index is -1.23. The Balaban J connectivity index is 1.69. The second kappa shape index (κ2) is 6.74. The number of aliphatic hydroxyl groups is 1. The molecule has 1 aromatic heterocycles. The van der Waals surface area contributed by atoms with Crippen LogP contribution in [0, 0.1) is 0 Å². The van der Waals surface area contributed by atoms with Crippen molar-refractivity contribution in [2.45, 2.75) is 43.1 Å². The third-order valence-corrected chi connectivity index (χ3v) is 5.39. The highest BCUT2D eigenvalue weighted by Crippen LogP contribution is 2.38. The van der Waals surface area contributed by atoms with Gasteiger partial charge in [-0.25, -0.2) is 4.99 Å². The van der Waals surface area contributed by atoms with E-state index in [0.29, 0.717) is 19.1 Å². The first-order valence-corrected chi connectivity index (χ1v) is 9.07. The molecule has 2 atom stereocenters. The first kappa shape index (κ1) is 17.6. The van der Waals surface area contributed by atoms with Gasteiger partial charge in [0, 0.05) is 25.2 Å². The smallest absolute Gasteiger partial charge is 0.212 e. The highest BCUT2D eigenvalue weighted by atomic mass is 16.5. The second-order valence-electron chi connectivity index (χ2n) is 7.27. The van der Waals surface area contributed by atoms with Crippen LogP contribution in [0.25, 0.3) is 5.57 Å². The number of rotatable bonds is 3. The molecule has 140 valence electrons. The van der Waals surface area contributed by atoms with Crippen molar-refractivity contribution >= 4 is 11.5 Å². The maximum absolute atomic E-state index is 11.0. The Morgan fingerprint density at radius 1 is 1.27 bits per heavy atom. The molecule has 4 rings (SSSR count). The van der Waals surface area contributed by atoms with E-state index in [4.69, 9.17) is 24.9 Å². The third-order valence-electron chi connectivity index (χ3n) is 5.39.